The van der Waals surface area contributed by atoms with Gasteiger partial charge in [0.2, 0.25) is 0 Å². The number of carboxylic acids is 1. The molecular formula is C17H31NO5. The smallest absolute Gasteiger partial charge is 0.407 e. The van der Waals surface area contributed by atoms with Crippen LogP contribution in [0.1, 0.15) is 66.7 Å². The van der Waals surface area contributed by atoms with Crippen LogP contribution in [0.25, 0.3) is 0 Å². The van der Waals surface area contributed by atoms with Gasteiger partial charge in [-0.1, -0.05) is 12.8 Å². The third-order valence-electron chi connectivity index (χ3n) is 4.02. The molecule has 0 radical (unpaired) electrons. The summed E-state index contributed by atoms with van der Waals surface area (Å²) in [5, 5.41) is 22.3. The van der Waals surface area contributed by atoms with Gasteiger partial charge in [-0.25, -0.2) is 4.79 Å². The number of amides is 1. The van der Waals surface area contributed by atoms with Gasteiger partial charge in [-0.2, -0.15) is 0 Å². The number of hydrogen-bond acceptors (Lipinski definition) is 4. The Morgan fingerprint density at radius 3 is 2.09 bits per heavy atom. The van der Waals surface area contributed by atoms with Crippen molar-refractivity contribution in [3.63, 3.8) is 0 Å². The third kappa shape index (κ3) is 7.68. The summed E-state index contributed by atoms with van der Waals surface area (Å²) in [5.41, 5.74) is -2.62. The Labute approximate surface area is 138 Å². The number of carbonyl (C=O) groups excluding carboxylic acids is 1. The van der Waals surface area contributed by atoms with E-state index in [0.29, 0.717) is 25.2 Å². The Balaban J connectivity index is 2.76. The highest BCUT2D eigenvalue weighted by atomic mass is 16.6. The van der Waals surface area contributed by atoms with Crippen LogP contribution < -0.4 is 5.32 Å². The van der Waals surface area contributed by atoms with Crippen LogP contribution in [-0.2, 0) is 9.53 Å². The maximum Gasteiger partial charge on any atom is 0.407 e. The standard InChI is InChI=1S/C17H31NO5/c1-15(2,3)23-14(21)18-11-17(13(19)20,10-12-6-7-12)9-8-16(4,5)22/h12,22H,6-11H2,1-5H3,(H,18,21)(H,19,20). The molecule has 1 atom stereocenters. The highest BCUT2D eigenvalue weighted by molar-refractivity contribution is 5.76. The molecule has 0 saturated heterocycles. The van der Waals surface area contributed by atoms with Crippen LogP contribution in [-0.4, -0.2) is 40.0 Å². The van der Waals surface area contributed by atoms with Crippen molar-refractivity contribution in [3.05, 3.63) is 0 Å². The number of carboxylic acid groups (broad SMARTS) is 1. The first kappa shape index (κ1) is 19.7. The quantitative estimate of drug-likeness (QED) is 0.636. The summed E-state index contributed by atoms with van der Waals surface area (Å²) in [6.45, 7) is 8.63. The minimum absolute atomic E-state index is 0.0177. The lowest BCUT2D eigenvalue weighted by molar-refractivity contribution is -0.150. The molecule has 0 bridgehead atoms. The highest BCUT2D eigenvalue weighted by Crippen LogP contribution is 2.43. The zero-order valence-electron chi connectivity index (χ0n) is 14.9. The van der Waals surface area contributed by atoms with Crippen molar-refractivity contribution in [2.75, 3.05) is 6.54 Å². The number of nitrogens with one attached hydrogen (secondary N) is 1. The lowest BCUT2D eigenvalue weighted by atomic mass is 9.76. The van der Waals surface area contributed by atoms with Gasteiger partial charge >= 0.3 is 12.1 Å². The van der Waals surface area contributed by atoms with Crippen LogP contribution in [0.2, 0.25) is 0 Å². The summed E-state index contributed by atoms with van der Waals surface area (Å²) in [6.07, 6.45) is 2.66. The lowest BCUT2D eigenvalue weighted by Crippen LogP contribution is -2.45. The van der Waals surface area contributed by atoms with Crippen molar-refractivity contribution < 1.29 is 24.5 Å². The summed E-state index contributed by atoms with van der Waals surface area (Å²) in [4.78, 5) is 23.8. The van der Waals surface area contributed by atoms with E-state index < -0.39 is 28.7 Å². The molecule has 1 fully saturated rings. The monoisotopic (exact) mass is 329 g/mol. The number of aliphatic hydroxyl groups is 1. The summed E-state index contributed by atoms with van der Waals surface area (Å²) in [6, 6.07) is 0. The van der Waals surface area contributed by atoms with Gasteiger partial charge < -0.3 is 20.3 Å². The molecule has 1 amide bonds. The molecule has 23 heavy (non-hydrogen) atoms. The Hall–Kier alpha value is -1.30. The second kappa shape index (κ2) is 7.07. The van der Waals surface area contributed by atoms with E-state index in [0.717, 1.165) is 12.8 Å². The number of alkyl carbamates (subject to hydrolysis) is 1. The fraction of sp³-hybridized carbons (Fsp3) is 0.882. The van der Waals surface area contributed by atoms with Gasteiger partial charge in [-0.05, 0) is 59.8 Å². The normalized spacial score (nSPS) is 18.2. The second-order valence-electron chi connectivity index (χ2n) is 8.40. The number of aliphatic carboxylic acids is 1. The predicted molar refractivity (Wildman–Crippen MR) is 87.2 cm³/mol. The molecule has 1 aliphatic rings. The minimum atomic E-state index is -1.06. The number of carbonyl (C=O) groups is 2. The van der Waals surface area contributed by atoms with E-state index in [-0.39, 0.29) is 6.54 Å². The molecule has 1 saturated carbocycles. The highest BCUT2D eigenvalue weighted by Gasteiger charge is 2.44. The number of ether oxygens (including phenoxy) is 1. The Morgan fingerprint density at radius 2 is 1.70 bits per heavy atom. The molecule has 0 aromatic heterocycles. The summed E-state index contributed by atoms with van der Waals surface area (Å²) >= 11 is 0. The first-order valence-corrected chi connectivity index (χ1v) is 8.26. The largest absolute Gasteiger partial charge is 0.481 e. The fourth-order valence-electron chi connectivity index (χ4n) is 2.51. The van der Waals surface area contributed by atoms with Crippen molar-refractivity contribution in [1.82, 2.24) is 5.32 Å². The van der Waals surface area contributed by atoms with Crippen LogP contribution in [0, 0.1) is 11.3 Å². The Bertz CT molecular complexity index is 431. The molecule has 6 heteroatoms. The topological polar surface area (TPSA) is 95.9 Å². The molecule has 0 aliphatic heterocycles. The molecule has 1 rings (SSSR count). The molecule has 3 N–H and O–H groups in total. The van der Waals surface area contributed by atoms with Crippen LogP contribution in [0.3, 0.4) is 0 Å². The van der Waals surface area contributed by atoms with Gasteiger partial charge in [0.1, 0.15) is 5.60 Å². The Morgan fingerprint density at radius 1 is 1.13 bits per heavy atom. The first-order valence-electron chi connectivity index (χ1n) is 8.26. The molecular weight excluding hydrogens is 298 g/mol. The first-order chi connectivity index (χ1) is 10.3. The maximum absolute atomic E-state index is 11.9. The summed E-state index contributed by atoms with van der Waals surface area (Å²) in [7, 11) is 0. The van der Waals surface area contributed by atoms with Gasteiger partial charge in [0.25, 0.3) is 0 Å². The Kier molecular flexibility index (Phi) is 6.07. The van der Waals surface area contributed by atoms with Gasteiger partial charge in [-0.15, -0.1) is 0 Å². The van der Waals surface area contributed by atoms with Gasteiger partial charge in [0, 0.05) is 6.54 Å². The third-order valence-corrected chi connectivity index (χ3v) is 4.02. The zero-order valence-corrected chi connectivity index (χ0v) is 14.9. The number of hydrogen-bond donors (Lipinski definition) is 3. The van der Waals surface area contributed by atoms with Gasteiger partial charge in [0.15, 0.2) is 0 Å². The van der Waals surface area contributed by atoms with Gasteiger partial charge in [0.05, 0.1) is 11.0 Å². The van der Waals surface area contributed by atoms with Crippen LogP contribution in [0.15, 0.2) is 0 Å². The molecule has 0 heterocycles. The van der Waals surface area contributed by atoms with Crippen LogP contribution in [0.5, 0.6) is 0 Å². The van der Waals surface area contributed by atoms with E-state index in [1.807, 2.05) is 0 Å². The molecule has 1 unspecified atom stereocenters. The average molecular weight is 329 g/mol. The summed E-state index contributed by atoms with van der Waals surface area (Å²) in [5.74, 6) is -0.530. The van der Waals surface area contributed by atoms with Crippen molar-refractivity contribution >= 4 is 12.1 Å². The van der Waals surface area contributed by atoms with E-state index in [1.54, 1.807) is 34.6 Å². The lowest BCUT2D eigenvalue weighted by Gasteiger charge is -2.32. The van der Waals surface area contributed by atoms with E-state index in [9.17, 15) is 19.8 Å². The van der Waals surface area contributed by atoms with E-state index in [1.165, 1.54) is 0 Å². The summed E-state index contributed by atoms with van der Waals surface area (Å²) < 4.78 is 5.19. The van der Waals surface area contributed by atoms with Crippen molar-refractivity contribution in [1.29, 1.82) is 0 Å². The maximum atomic E-state index is 11.9. The van der Waals surface area contributed by atoms with E-state index >= 15 is 0 Å². The van der Waals surface area contributed by atoms with Crippen molar-refractivity contribution in [2.24, 2.45) is 11.3 Å². The van der Waals surface area contributed by atoms with E-state index in [4.69, 9.17) is 4.74 Å². The number of rotatable bonds is 8. The van der Waals surface area contributed by atoms with Crippen LogP contribution in [0.4, 0.5) is 4.79 Å². The van der Waals surface area contributed by atoms with Crippen molar-refractivity contribution in [3.8, 4) is 0 Å². The second-order valence-corrected chi connectivity index (χ2v) is 8.40. The fourth-order valence-corrected chi connectivity index (χ4v) is 2.51. The molecule has 6 nitrogen and oxygen atoms in total. The van der Waals surface area contributed by atoms with Crippen LogP contribution >= 0.6 is 0 Å². The molecule has 134 valence electrons. The average Bonchev–Trinajstić information content (AvgIpc) is 3.13. The van der Waals surface area contributed by atoms with Gasteiger partial charge in [-0.3, -0.25) is 4.79 Å². The SMILES string of the molecule is CC(C)(O)CCC(CNC(=O)OC(C)(C)C)(CC1CC1)C(=O)O. The predicted octanol–water partition coefficient (Wildman–Crippen LogP) is 2.93. The molecule has 1 aliphatic carbocycles. The zero-order chi connectivity index (χ0) is 17.9. The molecule has 0 aromatic carbocycles. The molecule has 0 aromatic rings. The minimum Gasteiger partial charge on any atom is -0.481 e. The van der Waals surface area contributed by atoms with Crippen molar-refractivity contribution in [2.45, 2.75) is 77.9 Å². The molecule has 0 spiro atoms. The van der Waals surface area contributed by atoms with E-state index in [2.05, 4.69) is 5.32 Å².